The van der Waals surface area contributed by atoms with E-state index in [1.165, 1.54) is 6.07 Å². The van der Waals surface area contributed by atoms with Crippen LogP contribution in [0.25, 0.3) is 0 Å². The topological polar surface area (TPSA) is 15.3 Å². The molecule has 0 heterocycles. The fourth-order valence-corrected chi connectivity index (χ4v) is 1.99. The predicted octanol–water partition coefficient (Wildman–Crippen LogP) is 3.30. The second kappa shape index (κ2) is 7.56. The lowest BCUT2D eigenvalue weighted by Crippen LogP contribution is -2.41. The van der Waals surface area contributed by atoms with Crippen molar-refractivity contribution in [3.63, 3.8) is 0 Å². The van der Waals surface area contributed by atoms with Gasteiger partial charge in [-0.25, -0.2) is 8.78 Å². The average molecular weight is 270 g/mol. The monoisotopic (exact) mass is 270 g/mol. The summed E-state index contributed by atoms with van der Waals surface area (Å²) in [6.45, 7) is 5.89. The van der Waals surface area contributed by atoms with E-state index in [4.69, 9.17) is 0 Å². The van der Waals surface area contributed by atoms with Gasteiger partial charge in [-0.15, -0.1) is 0 Å². The predicted molar refractivity (Wildman–Crippen MR) is 75.4 cm³/mol. The number of halogens is 2. The van der Waals surface area contributed by atoms with Gasteiger partial charge in [0.05, 0.1) is 0 Å². The quantitative estimate of drug-likeness (QED) is 0.818. The standard InChI is InChI=1S/C15H24F2N2/c1-11(2)14(10-19(3)4)18-9-12-6-5-7-13(8-12)15(16)17/h5-8,11,14-15,18H,9-10H2,1-4H3. The van der Waals surface area contributed by atoms with Gasteiger partial charge in [0.25, 0.3) is 6.43 Å². The van der Waals surface area contributed by atoms with Gasteiger partial charge in [0, 0.05) is 24.7 Å². The van der Waals surface area contributed by atoms with Crippen LogP contribution in [0.5, 0.6) is 0 Å². The third-order valence-electron chi connectivity index (χ3n) is 3.14. The number of benzene rings is 1. The molecule has 0 saturated heterocycles. The van der Waals surface area contributed by atoms with Gasteiger partial charge in [-0.1, -0.05) is 32.0 Å². The molecule has 0 aliphatic rings. The van der Waals surface area contributed by atoms with Crippen LogP contribution in [-0.4, -0.2) is 31.6 Å². The summed E-state index contributed by atoms with van der Waals surface area (Å²) in [6.07, 6.45) is -2.40. The summed E-state index contributed by atoms with van der Waals surface area (Å²) in [5.41, 5.74) is 0.996. The molecular weight excluding hydrogens is 246 g/mol. The molecule has 1 atom stereocenters. The van der Waals surface area contributed by atoms with Gasteiger partial charge < -0.3 is 10.2 Å². The molecule has 2 nitrogen and oxygen atoms in total. The molecule has 4 heteroatoms. The van der Waals surface area contributed by atoms with E-state index in [1.54, 1.807) is 12.1 Å². The number of alkyl halides is 2. The molecule has 1 N–H and O–H groups in total. The van der Waals surface area contributed by atoms with Crippen LogP contribution in [0, 0.1) is 5.92 Å². The van der Waals surface area contributed by atoms with Crippen LogP contribution in [0.3, 0.4) is 0 Å². The average Bonchev–Trinajstić information content (AvgIpc) is 2.34. The van der Waals surface area contributed by atoms with Gasteiger partial charge in [0.15, 0.2) is 0 Å². The Labute approximate surface area is 114 Å². The highest BCUT2D eigenvalue weighted by Gasteiger charge is 2.14. The molecule has 1 rings (SSSR count). The first-order valence-corrected chi connectivity index (χ1v) is 6.65. The van der Waals surface area contributed by atoms with Crippen molar-refractivity contribution in [2.24, 2.45) is 5.92 Å². The van der Waals surface area contributed by atoms with Crippen LogP contribution < -0.4 is 5.32 Å². The Morgan fingerprint density at radius 2 is 1.89 bits per heavy atom. The molecule has 0 saturated carbocycles. The molecule has 0 bridgehead atoms. The largest absolute Gasteiger partial charge is 0.308 e. The molecule has 0 fully saturated rings. The van der Waals surface area contributed by atoms with Gasteiger partial charge in [0.2, 0.25) is 0 Å². The van der Waals surface area contributed by atoms with E-state index in [0.717, 1.165) is 12.1 Å². The molecule has 1 aromatic carbocycles. The first-order valence-electron chi connectivity index (χ1n) is 6.65. The van der Waals surface area contributed by atoms with E-state index in [1.807, 2.05) is 20.2 Å². The first kappa shape index (κ1) is 16.1. The number of hydrogen-bond donors (Lipinski definition) is 1. The van der Waals surface area contributed by atoms with Crippen molar-refractivity contribution in [1.29, 1.82) is 0 Å². The van der Waals surface area contributed by atoms with Crippen LogP contribution in [0.2, 0.25) is 0 Å². The highest BCUT2D eigenvalue weighted by molar-refractivity contribution is 5.24. The van der Waals surface area contributed by atoms with Gasteiger partial charge in [0.1, 0.15) is 0 Å². The Hall–Kier alpha value is -1.00. The molecule has 19 heavy (non-hydrogen) atoms. The Kier molecular flexibility index (Phi) is 6.38. The van der Waals surface area contributed by atoms with Crippen LogP contribution in [0.1, 0.15) is 31.4 Å². The van der Waals surface area contributed by atoms with E-state index in [9.17, 15) is 8.78 Å². The second-order valence-corrected chi connectivity index (χ2v) is 5.54. The molecule has 0 amide bonds. The lowest BCUT2D eigenvalue weighted by molar-refractivity contribution is 0.151. The highest BCUT2D eigenvalue weighted by atomic mass is 19.3. The van der Waals surface area contributed by atoms with Crippen LogP contribution >= 0.6 is 0 Å². The fraction of sp³-hybridized carbons (Fsp3) is 0.600. The van der Waals surface area contributed by atoms with E-state index in [-0.39, 0.29) is 5.56 Å². The van der Waals surface area contributed by atoms with E-state index < -0.39 is 6.43 Å². The molecule has 1 aromatic rings. The second-order valence-electron chi connectivity index (χ2n) is 5.54. The van der Waals surface area contributed by atoms with Crippen LogP contribution in [-0.2, 0) is 6.54 Å². The number of likely N-dealkylation sites (N-methyl/N-ethyl adjacent to an activating group) is 1. The molecule has 0 aliphatic carbocycles. The minimum Gasteiger partial charge on any atom is -0.308 e. The van der Waals surface area contributed by atoms with Gasteiger partial charge in [-0.3, -0.25) is 0 Å². The smallest absolute Gasteiger partial charge is 0.263 e. The zero-order valence-corrected chi connectivity index (χ0v) is 12.2. The molecule has 0 aromatic heterocycles. The normalized spacial score (nSPS) is 13.5. The lowest BCUT2D eigenvalue weighted by Gasteiger charge is -2.25. The first-order chi connectivity index (χ1) is 8.90. The molecule has 0 aliphatic heterocycles. The van der Waals surface area contributed by atoms with E-state index in [2.05, 4.69) is 24.1 Å². The third-order valence-corrected chi connectivity index (χ3v) is 3.14. The number of nitrogens with one attached hydrogen (secondary N) is 1. The SMILES string of the molecule is CC(C)C(CN(C)C)NCc1cccc(C(F)F)c1. The maximum atomic E-state index is 12.6. The Morgan fingerprint density at radius 1 is 1.21 bits per heavy atom. The summed E-state index contributed by atoms with van der Waals surface area (Å²) >= 11 is 0. The van der Waals surface area contributed by atoms with Crippen LogP contribution in [0.15, 0.2) is 24.3 Å². The Morgan fingerprint density at radius 3 is 2.42 bits per heavy atom. The summed E-state index contributed by atoms with van der Waals surface area (Å²) in [7, 11) is 4.07. The fourth-order valence-electron chi connectivity index (χ4n) is 1.99. The van der Waals surface area contributed by atoms with Crippen molar-refractivity contribution >= 4 is 0 Å². The number of rotatable bonds is 7. The Balaban J connectivity index is 2.61. The van der Waals surface area contributed by atoms with Gasteiger partial charge in [-0.2, -0.15) is 0 Å². The van der Waals surface area contributed by atoms with E-state index in [0.29, 0.717) is 18.5 Å². The minimum atomic E-state index is -2.40. The zero-order chi connectivity index (χ0) is 14.4. The molecule has 0 radical (unpaired) electrons. The highest BCUT2D eigenvalue weighted by Crippen LogP contribution is 2.19. The van der Waals surface area contributed by atoms with E-state index >= 15 is 0 Å². The minimum absolute atomic E-state index is 0.0907. The molecule has 0 spiro atoms. The van der Waals surface area contributed by atoms with Crippen molar-refractivity contribution in [2.45, 2.75) is 32.9 Å². The van der Waals surface area contributed by atoms with Crippen molar-refractivity contribution < 1.29 is 8.78 Å². The summed E-state index contributed by atoms with van der Waals surface area (Å²) < 4.78 is 25.2. The van der Waals surface area contributed by atoms with Crippen molar-refractivity contribution in [3.05, 3.63) is 35.4 Å². The maximum Gasteiger partial charge on any atom is 0.263 e. The van der Waals surface area contributed by atoms with Gasteiger partial charge in [-0.05, 0) is 31.6 Å². The van der Waals surface area contributed by atoms with Gasteiger partial charge >= 0.3 is 0 Å². The Bertz CT molecular complexity index is 378. The van der Waals surface area contributed by atoms with Crippen LogP contribution in [0.4, 0.5) is 8.78 Å². The maximum absolute atomic E-state index is 12.6. The summed E-state index contributed by atoms with van der Waals surface area (Å²) in [5, 5.41) is 3.45. The number of nitrogens with zero attached hydrogens (tertiary/aromatic N) is 1. The van der Waals surface area contributed by atoms with Crippen molar-refractivity contribution in [2.75, 3.05) is 20.6 Å². The third kappa shape index (κ3) is 5.66. The molecule has 1 unspecified atom stereocenters. The molecule has 108 valence electrons. The molecular formula is C15H24F2N2. The zero-order valence-electron chi connectivity index (χ0n) is 12.2. The lowest BCUT2D eigenvalue weighted by atomic mass is 10.0. The summed E-state index contributed by atoms with van der Waals surface area (Å²) in [4.78, 5) is 2.13. The summed E-state index contributed by atoms with van der Waals surface area (Å²) in [5.74, 6) is 0.501. The van der Waals surface area contributed by atoms with Crippen molar-refractivity contribution in [1.82, 2.24) is 10.2 Å². The summed E-state index contributed by atoms with van der Waals surface area (Å²) in [6, 6.07) is 6.96. The number of hydrogen-bond acceptors (Lipinski definition) is 2. The van der Waals surface area contributed by atoms with Crippen molar-refractivity contribution in [3.8, 4) is 0 Å².